The summed E-state index contributed by atoms with van der Waals surface area (Å²) in [6.07, 6.45) is 0. The molecule has 0 N–H and O–H groups in total. The van der Waals surface area contributed by atoms with Crippen molar-refractivity contribution < 1.29 is 0 Å². The van der Waals surface area contributed by atoms with E-state index in [4.69, 9.17) is 0 Å². The Morgan fingerprint density at radius 1 is 0.875 bits per heavy atom. The van der Waals surface area contributed by atoms with Gasteiger partial charge in [-0.3, -0.25) is 0 Å². The average molecular weight is 212 g/mol. The summed E-state index contributed by atoms with van der Waals surface area (Å²) in [7, 11) is 0. The maximum Gasteiger partial charge on any atom is -0.0141 e. The SMILES string of the molecule is C[C@H](c1ccc2ccccc2c1)C(C)(C)C. The van der Waals surface area contributed by atoms with Crippen molar-refractivity contribution in [2.75, 3.05) is 0 Å². The van der Waals surface area contributed by atoms with Crippen molar-refractivity contribution in [3.8, 4) is 0 Å². The Balaban J connectivity index is 2.47. The Morgan fingerprint density at radius 3 is 2.12 bits per heavy atom. The Kier molecular flexibility index (Phi) is 2.75. The zero-order chi connectivity index (χ0) is 11.8. The van der Waals surface area contributed by atoms with E-state index in [0.717, 1.165) is 0 Å². The van der Waals surface area contributed by atoms with Crippen LogP contribution < -0.4 is 0 Å². The predicted molar refractivity (Wildman–Crippen MR) is 71.8 cm³/mol. The van der Waals surface area contributed by atoms with Crippen LogP contribution in [0.25, 0.3) is 10.8 Å². The van der Waals surface area contributed by atoms with Crippen LogP contribution in [-0.4, -0.2) is 0 Å². The summed E-state index contributed by atoms with van der Waals surface area (Å²) in [6, 6.07) is 15.4. The van der Waals surface area contributed by atoms with E-state index in [1.54, 1.807) is 0 Å². The molecule has 0 nitrogen and oxygen atoms in total. The van der Waals surface area contributed by atoms with Gasteiger partial charge in [0.2, 0.25) is 0 Å². The molecule has 1 atom stereocenters. The van der Waals surface area contributed by atoms with Gasteiger partial charge in [0.05, 0.1) is 0 Å². The van der Waals surface area contributed by atoms with Gasteiger partial charge in [0.1, 0.15) is 0 Å². The first-order valence-electron chi connectivity index (χ1n) is 5.97. The Bertz CT molecular complexity index is 489. The van der Waals surface area contributed by atoms with Crippen molar-refractivity contribution >= 4 is 10.8 Å². The largest absolute Gasteiger partial charge is 0.0616 e. The summed E-state index contributed by atoms with van der Waals surface area (Å²) in [5, 5.41) is 2.67. The molecule has 0 unspecified atom stereocenters. The van der Waals surface area contributed by atoms with Crippen molar-refractivity contribution in [2.45, 2.75) is 33.6 Å². The highest BCUT2D eigenvalue weighted by molar-refractivity contribution is 5.83. The first kappa shape index (κ1) is 11.2. The summed E-state index contributed by atoms with van der Waals surface area (Å²) in [6.45, 7) is 9.21. The molecule has 16 heavy (non-hydrogen) atoms. The van der Waals surface area contributed by atoms with Crippen LogP contribution in [0.4, 0.5) is 0 Å². The van der Waals surface area contributed by atoms with Gasteiger partial charge in [0.25, 0.3) is 0 Å². The second-order valence-corrected chi connectivity index (χ2v) is 5.69. The van der Waals surface area contributed by atoms with Gasteiger partial charge in [-0.25, -0.2) is 0 Å². The van der Waals surface area contributed by atoms with Crippen LogP contribution in [0.15, 0.2) is 42.5 Å². The van der Waals surface area contributed by atoms with E-state index in [0.29, 0.717) is 11.3 Å². The van der Waals surface area contributed by atoms with Gasteiger partial charge in [0, 0.05) is 0 Å². The molecule has 0 saturated heterocycles. The van der Waals surface area contributed by atoms with Gasteiger partial charge in [-0.1, -0.05) is 70.2 Å². The predicted octanol–water partition coefficient (Wildman–Crippen LogP) is 4.99. The molecule has 0 amide bonds. The molecule has 0 bridgehead atoms. The van der Waals surface area contributed by atoms with Gasteiger partial charge in [-0.05, 0) is 27.7 Å². The van der Waals surface area contributed by atoms with Crippen molar-refractivity contribution in [3.05, 3.63) is 48.0 Å². The first-order chi connectivity index (χ1) is 7.48. The molecule has 84 valence electrons. The third-order valence-corrected chi connectivity index (χ3v) is 3.57. The smallest absolute Gasteiger partial charge is 0.0141 e. The molecule has 0 spiro atoms. The number of fused-ring (bicyclic) bond motifs is 1. The lowest BCUT2D eigenvalue weighted by Crippen LogP contribution is -2.15. The second kappa shape index (κ2) is 3.93. The van der Waals surface area contributed by atoms with Crippen LogP contribution in [0, 0.1) is 5.41 Å². The Hall–Kier alpha value is -1.30. The van der Waals surface area contributed by atoms with E-state index >= 15 is 0 Å². The molecule has 0 fully saturated rings. The fourth-order valence-electron chi connectivity index (χ4n) is 1.98. The maximum atomic E-state index is 2.32. The molecule has 0 aromatic heterocycles. The minimum Gasteiger partial charge on any atom is -0.0616 e. The summed E-state index contributed by atoms with van der Waals surface area (Å²) in [5.41, 5.74) is 1.76. The summed E-state index contributed by atoms with van der Waals surface area (Å²) >= 11 is 0. The quantitative estimate of drug-likeness (QED) is 0.624. The minimum atomic E-state index is 0.322. The van der Waals surface area contributed by atoms with Crippen LogP contribution in [0.1, 0.15) is 39.2 Å². The monoisotopic (exact) mass is 212 g/mol. The molecule has 0 heteroatoms. The van der Waals surface area contributed by atoms with E-state index in [2.05, 4.69) is 70.2 Å². The molecule has 2 aromatic carbocycles. The summed E-state index contributed by atoms with van der Waals surface area (Å²) < 4.78 is 0. The number of rotatable bonds is 1. The lowest BCUT2D eigenvalue weighted by molar-refractivity contribution is 0.340. The topological polar surface area (TPSA) is 0 Å². The van der Waals surface area contributed by atoms with Crippen LogP contribution >= 0.6 is 0 Å². The van der Waals surface area contributed by atoms with Crippen LogP contribution in [0.2, 0.25) is 0 Å². The molecule has 2 rings (SSSR count). The fraction of sp³-hybridized carbons (Fsp3) is 0.375. The highest BCUT2D eigenvalue weighted by Crippen LogP contribution is 2.35. The molecular weight excluding hydrogens is 192 g/mol. The fourth-order valence-corrected chi connectivity index (χ4v) is 1.98. The van der Waals surface area contributed by atoms with Gasteiger partial charge in [-0.2, -0.15) is 0 Å². The van der Waals surface area contributed by atoms with Crippen molar-refractivity contribution in [3.63, 3.8) is 0 Å². The third-order valence-electron chi connectivity index (χ3n) is 3.57. The third kappa shape index (κ3) is 2.11. The Morgan fingerprint density at radius 2 is 1.50 bits per heavy atom. The summed E-state index contributed by atoms with van der Waals surface area (Å²) in [4.78, 5) is 0. The van der Waals surface area contributed by atoms with E-state index in [1.165, 1.54) is 16.3 Å². The standard InChI is InChI=1S/C16H20/c1-12(16(2,3)4)14-10-9-13-7-5-6-8-15(13)11-14/h5-12H,1-4H3/t12-/m1/s1. The van der Waals surface area contributed by atoms with Crippen molar-refractivity contribution in [2.24, 2.45) is 5.41 Å². The van der Waals surface area contributed by atoms with Crippen LogP contribution in [-0.2, 0) is 0 Å². The normalized spacial score (nSPS) is 14.0. The highest BCUT2D eigenvalue weighted by Gasteiger charge is 2.21. The first-order valence-corrected chi connectivity index (χ1v) is 5.97. The minimum absolute atomic E-state index is 0.322. The summed E-state index contributed by atoms with van der Waals surface area (Å²) in [5.74, 6) is 0.581. The molecule has 0 aliphatic heterocycles. The van der Waals surface area contributed by atoms with Crippen molar-refractivity contribution in [1.82, 2.24) is 0 Å². The Labute approximate surface area is 98.3 Å². The van der Waals surface area contributed by atoms with Crippen LogP contribution in [0.3, 0.4) is 0 Å². The maximum absolute atomic E-state index is 2.32. The lowest BCUT2D eigenvalue weighted by atomic mass is 9.77. The average Bonchev–Trinajstić information content (AvgIpc) is 2.26. The zero-order valence-corrected chi connectivity index (χ0v) is 10.6. The number of hydrogen-bond acceptors (Lipinski definition) is 0. The molecule has 2 aromatic rings. The molecular formula is C16H20. The zero-order valence-electron chi connectivity index (χ0n) is 10.6. The van der Waals surface area contributed by atoms with Gasteiger partial charge in [0.15, 0.2) is 0 Å². The van der Waals surface area contributed by atoms with Gasteiger partial charge in [-0.15, -0.1) is 0 Å². The number of benzene rings is 2. The molecule has 0 saturated carbocycles. The van der Waals surface area contributed by atoms with E-state index in [1.807, 2.05) is 0 Å². The molecule has 0 heterocycles. The highest BCUT2D eigenvalue weighted by atomic mass is 14.3. The number of hydrogen-bond donors (Lipinski definition) is 0. The lowest BCUT2D eigenvalue weighted by Gasteiger charge is -2.27. The van der Waals surface area contributed by atoms with Crippen LogP contribution in [0.5, 0.6) is 0 Å². The molecule has 0 aliphatic rings. The second-order valence-electron chi connectivity index (χ2n) is 5.69. The van der Waals surface area contributed by atoms with Gasteiger partial charge >= 0.3 is 0 Å². The van der Waals surface area contributed by atoms with Crippen molar-refractivity contribution in [1.29, 1.82) is 0 Å². The van der Waals surface area contributed by atoms with Gasteiger partial charge < -0.3 is 0 Å². The van der Waals surface area contributed by atoms with E-state index in [-0.39, 0.29) is 0 Å². The van der Waals surface area contributed by atoms with E-state index in [9.17, 15) is 0 Å². The van der Waals surface area contributed by atoms with E-state index < -0.39 is 0 Å². The molecule has 0 radical (unpaired) electrons. The molecule has 0 aliphatic carbocycles.